The van der Waals surface area contributed by atoms with Crippen LogP contribution in [0.2, 0.25) is 0 Å². The molecule has 1 aromatic heterocycles. The normalized spacial score (nSPS) is 14.4. The first-order valence-electron chi connectivity index (χ1n) is 10.8. The largest absolute Gasteiger partial charge is 0.353 e. The van der Waals surface area contributed by atoms with Gasteiger partial charge in [0.25, 0.3) is 0 Å². The van der Waals surface area contributed by atoms with Gasteiger partial charge in [-0.1, -0.05) is 55.5 Å². The Labute approximate surface area is 182 Å². The minimum Gasteiger partial charge on any atom is -0.351 e. The van der Waals surface area contributed by atoms with Crippen molar-refractivity contribution < 1.29 is 4.92 Å². The Hall–Kier alpha value is -3.48. The van der Waals surface area contributed by atoms with Gasteiger partial charge in [0.05, 0.1) is 4.92 Å². The quantitative estimate of drug-likeness (QED) is 0.423. The van der Waals surface area contributed by atoms with E-state index in [2.05, 4.69) is 46.5 Å². The average molecular weight is 418 g/mol. The molecule has 0 aliphatic carbocycles. The third-order valence-electron chi connectivity index (χ3n) is 5.92. The van der Waals surface area contributed by atoms with Gasteiger partial charge in [0.1, 0.15) is 6.33 Å². The van der Waals surface area contributed by atoms with Crippen LogP contribution in [-0.2, 0) is 12.8 Å². The summed E-state index contributed by atoms with van der Waals surface area (Å²) in [7, 11) is 0. The molecule has 1 aliphatic rings. The Balaban J connectivity index is 1.52. The fourth-order valence-electron chi connectivity index (χ4n) is 4.23. The van der Waals surface area contributed by atoms with Crippen LogP contribution in [-0.4, -0.2) is 28.0 Å². The first-order valence-corrected chi connectivity index (χ1v) is 10.8. The van der Waals surface area contributed by atoms with E-state index in [1.807, 2.05) is 35.2 Å². The number of hydrogen-bond acceptors (Lipinski definition) is 6. The molecule has 1 saturated heterocycles. The molecule has 160 valence electrons. The maximum atomic E-state index is 12.0. The van der Waals surface area contributed by atoms with E-state index in [1.165, 1.54) is 11.9 Å². The molecule has 0 radical (unpaired) electrons. The fourth-order valence-corrected chi connectivity index (χ4v) is 4.23. The minimum atomic E-state index is -0.373. The van der Waals surface area contributed by atoms with Crippen LogP contribution in [0.4, 0.5) is 23.0 Å². The van der Waals surface area contributed by atoms with Gasteiger partial charge in [0, 0.05) is 18.8 Å². The molecule has 2 heterocycles. The van der Waals surface area contributed by atoms with E-state index >= 15 is 0 Å². The van der Waals surface area contributed by atoms with Crippen LogP contribution < -0.4 is 10.2 Å². The van der Waals surface area contributed by atoms with Gasteiger partial charge >= 0.3 is 5.69 Å². The molecule has 1 fully saturated rings. The number of para-hydroxylation sites is 1. The second kappa shape index (κ2) is 9.55. The second-order valence-electron chi connectivity index (χ2n) is 7.91. The van der Waals surface area contributed by atoms with Crippen molar-refractivity contribution in [3.8, 4) is 0 Å². The smallest absolute Gasteiger partial charge is 0.351 e. The molecule has 0 spiro atoms. The van der Waals surface area contributed by atoms with Crippen molar-refractivity contribution in [1.29, 1.82) is 0 Å². The van der Waals surface area contributed by atoms with E-state index in [4.69, 9.17) is 0 Å². The Bertz CT molecular complexity index is 1030. The monoisotopic (exact) mass is 417 g/mol. The van der Waals surface area contributed by atoms with E-state index in [-0.39, 0.29) is 16.4 Å². The van der Waals surface area contributed by atoms with Gasteiger partial charge in [-0.2, -0.15) is 0 Å². The lowest BCUT2D eigenvalue weighted by Crippen LogP contribution is -2.35. The first-order chi connectivity index (χ1) is 15.2. The third kappa shape index (κ3) is 4.82. The summed E-state index contributed by atoms with van der Waals surface area (Å²) in [5, 5.41) is 15.2. The number of anilines is 3. The van der Waals surface area contributed by atoms with Crippen LogP contribution in [0.3, 0.4) is 0 Å². The van der Waals surface area contributed by atoms with Crippen LogP contribution in [0.5, 0.6) is 0 Å². The SMILES string of the molecule is CCc1ccccc1Nc1ncnc(N2CCC(Cc3ccccc3)CC2)c1[N+](=O)[O-]. The number of rotatable bonds is 7. The van der Waals surface area contributed by atoms with Crippen molar-refractivity contribution in [2.45, 2.75) is 32.6 Å². The summed E-state index contributed by atoms with van der Waals surface area (Å²) in [5.74, 6) is 1.21. The Kier molecular flexibility index (Phi) is 6.40. The Morgan fingerprint density at radius 2 is 1.77 bits per heavy atom. The maximum absolute atomic E-state index is 12.0. The zero-order chi connectivity index (χ0) is 21.6. The van der Waals surface area contributed by atoms with Gasteiger partial charge in [-0.3, -0.25) is 10.1 Å². The summed E-state index contributed by atoms with van der Waals surface area (Å²) in [5.41, 5.74) is 3.20. The van der Waals surface area contributed by atoms with Gasteiger partial charge in [0.15, 0.2) is 0 Å². The van der Waals surface area contributed by atoms with E-state index in [9.17, 15) is 10.1 Å². The number of aromatic nitrogens is 2. The molecule has 0 saturated carbocycles. The van der Waals surface area contributed by atoms with Crippen LogP contribution in [0.25, 0.3) is 0 Å². The molecule has 4 rings (SSSR count). The van der Waals surface area contributed by atoms with Crippen LogP contribution in [0.15, 0.2) is 60.9 Å². The zero-order valence-electron chi connectivity index (χ0n) is 17.7. The van der Waals surface area contributed by atoms with Crippen molar-refractivity contribution in [2.75, 3.05) is 23.3 Å². The molecule has 0 atom stereocenters. The highest BCUT2D eigenvalue weighted by Crippen LogP contribution is 2.36. The summed E-state index contributed by atoms with van der Waals surface area (Å²) >= 11 is 0. The molecule has 0 bridgehead atoms. The predicted molar refractivity (Wildman–Crippen MR) is 123 cm³/mol. The minimum absolute atomic E-state index is 0.0603. The van der Waals surface area contributed by atoms with Gasteiger partial charge in [-0.15, -0.1) is 0 Å². The molecule has 31 heavy (non-hydrogen) atoms. The van der Waals surface area contributed by atoms with Crippen LogP contribution in [0, 0.1) is 16.0 Å². The number of nitrogens with zero attached hydrogens (tertiary/aromatic N) is 4. The molecule has 0 amide bonds. The topological polar surface area (TPSA) is 84.2 Å². The first kappa shape index (κ1) is 20.8. The molecule has 1 N–H and O–H groups in total. The second-order valence-corrected chi connectivity index (χ2v) is 7.91. The predicted octanol–water partition coefficient (Wildman–Crippen LogP) is 5.15. The molecule has 0 unspecified atom stereocenters. The molecular formula is C24H27N5O2. The molecular weight excluding hydrogens is 390 g/mol. The Morgan fingerprint density at radius 3 is 2.48 bits per heavy atom. The number of nitro groups is 1. The van der Waals surface area contributed by atoms with E-state index in [0.717, 1.165) is 50.0 Å². The molecule has 3 aromatic rings. The number of nitrogens with one attached hydrogen (secondary N) is 1. The molecule has 2 aromatic carbocycles. The molecule has 7 heteroatoms. The third-order valence-corrected chi connectivity index (χ3v) is 5.92. The molecule has 7 nitrogen and oxygen atoms in total. The van der Waals surface area contributed by atoms with Gasteiger partial charge in [-0.25, -0.2) is 9.97 Å². The highest BCUT2D eigenvalue weighted by molar-refractivity contribution is 5.75. The summed E-state index contributed by atoms with van der Waals surface area (Å²) in [6, 6.07) is 18.3. The summed E-state index contributed by atoms with van der Waals surface area (Å²) in [6.45, 7) is 3.56. The average Bonchev–Trinajstić information content (AvgIpc) is 2.80. The van der Waals surface area contributed by atoms with Gasteiger partial charge < -0.3 is 10.2 Å². The van der Waals surface area contributed by atoms with Crippen molar-refractivity contribution in [2.24, 2.45) is 5.92 Å². The molecule has 1 aliphatic heterocycles. The van der Waals surface area contributed by atoms with Crippen LogP contribution >= 0.6 is 0 Å². The number of aryl methyl sites for hydroxylation is 1. The lowest BCUT2D eigenvalue weighted by atomic mass is 9.90. The van der Waals surface area contributed by atoms with Gasteiger partial charge in [-0.05, 0) is 48.8 Å². The summed E-state index contributed by atoms with van der Waals surface area (Å²) in [4.78, 5) is 22.2. The fraction of sp³-hybridized carbons (Fsp3) is 0.333. The highest BCUT2D eigenvalue weighted by atomic mass is 16.6. The lowest BCUT2D eigenvalue weighted by molar-refractivity contribution is -0.383. The lowest BCUT2D eigenvalue weighted by Gasteiger charge is -2.32. The zero-order valence-corrected chi connectivity index (χ0v) is 17.7. The van der Waals surface area contributed by atoms with Crippen molar-refractivity contribution in [3.63, 3.8) is 0 Å². The maximum Gasteiger partial charge on any atom is 0.353 e. The van der Waals surface area contributed by atoms with Crippen molar-refractivity contribution in [1.82, 2.24) is 9.97 Å². The van der Waals surface area contributed by atoms with E-state index in [0.29, 0.717) is 11.7 Å². The standard InChI is InChI=1S/C24H27N5O2/c1-2-20-10-6-7-11-21(20)27-23-22(29(30)31)24(26-17-25-23)28-14-12-19(13-15-28)16-18-8-4-3-5-9-18/h3-11,17,19H,2,12-16H2,1H3,(H,25,26,27). The van der Waals surface area contributed by atoms with E-state index < -0.39 is 0 Å². The number of piperidine rings is 1. The summed E-state index contributed by atoms with van der Waals surface area (Å²) in [6.07, 6.45) is 5.25. The number of benzene rings is 2. The van der Waals surface area contributed by atoms with Crippen molar-refractivity contribution in [3.05, 3.63) is 82.2 Å². The van der Waals surface area contributed by atoms with Crippen molar-refractivity contribution >= 4 is 23.0 Å². The number of hydrogen-bond donors (Lipinski definition) is 1. The summed E-state index contributed by atoms with van der Waals surface area (Å²) < 4.78 is 0. The van der Waals surface area contributed by atoms with Crippen LogP contribution in [0.1, 0.15) is 30.9 Å². The Morgan fingerprint density at radius 1 is 1.06 bits per heavy atom. The highest BCUT2D eigenvalue weighted by Gasteiger charge is 2.30. The van der Waals surface area contributed by atoms with E-state index in [1.54, 1.807) is 0 Å². The van der Waals surface area contributed by atoms with Gasteiger partial charge in [0.2, 0.25) is 11.6 Å².